The van der Waals surface area contributed by atoms with E-state index in [2.05, 4.69) is 30.9 Å². The fraction of sp³-hybridized carbons (Fsp3) is 0.400. The first-order valence-corrected chi connectivity index (χ1v) is 10.9. The molecular weight excluding hydrogens is 396 g/mol. The summed E-state index contributed by atoms with van der Waals surface area (Å²) < 4.78 is 5.52. The highest BCUT2D eigenvalue weighted by atomic mass is 35.5. The highest BCUT2D eigenvalue weighted by Gasteiger charge is 2.46. The van der Waals surface area contributed by atoms with Gasteiger partial charge in [0.2, 0.25) is 0 Å². The molecule has 0 unspecified atom stereocenters. The van der Waals surface area contributed by atoms with Crippen molar-refractivity contribution in [3.8, 4) is 5.75 Å². The maximum Gasteiger partial charge on any atom is 0.258 e. The van der Waals surface area contributed by atoms with Crippen LogP contribution in [0.3, 0.4) is 0 Å². The molecule has 2 aromatic carbocycles. The lowest BCUT2D eigenvalue weighted by molar-refractivity contribution is 0.0977. The van der Waals surface area contributed by atoms with Crippen LogP contribution in [0.4, 0.5) is 5.69 Å². The monoisotopic (exact) mass is 424 g/mol. The van der Waals surface area contributed by atoms with Crippen molar-refractivity contribution in [3.63, 3.8) is 0 Å². The summed E-state index contributed by atoms with van der Waals surface area (Å²) in [5.41, 5.74) is 4.18. The summed E-state index contributed by atoms with van der Waals surface area (Å²) in [5, 5.41) is 0.581. The summed E-state index contributed by atoms with van der Waals surface area (Å²) in [6.45, 7) is 8.04. The van der Waals surface area contributed by atoms with Gasteiger partial charge in [-0.2, -0.15) is 0 Å². The third-order valence-electron chi connectivity index (χ3n) is 6.41. The minimum atomic E-state index is -0.0282. The molecule has 1 spiro atoms. The number of carbonyl (C=O) groups is 1. The summed E-state index contributed by atoms with van der Waals surface area (Å²) in [5.74, 6) is 0.852. The van der Waals surface area contributed by atoms with Crippen molar-refractivity contribution in [2.24, 2.45) is 0 Å². The lowest BCUT2D eigenvalue weighted by Gasteiger charge is -2.39. The van der Waals surface area contributed by atoms with E-state index in [9.17, 15) is 4.79 Å². The van der Waals surface area contributed by atoms with Crippen LogP contribution in [0.2, 0.25) is 5.02 Å². The Kier molecular flexibility index (Phi) is 5.90. The molecule has 2 aromatic rings. The number of rotatable bonds is 4. The Hall–Kier alpha value is -2.30. The van der Waals surface area contributed by atoms with Crippen molar-refractivity contribution in [2.75, 3.05) is 38.2 Å². The number of allylic oxidation sites excluding steroid dienone is 1. The van der Waals surface area contributed by atoms with Gasteiger partial charge >= 0.3 is 0 Å². The standard InChI is InChI=1S/C25H29ClN2O2/c1-18(2)9-12-27-13-10-25(11-14-27)17-28(23-8-7-21(30-3)16-22(23)25)24(29)19-5-4-6-20(26)15-19/h4-9,15-16H,10-14,17H2,1-3H3. The van der Waals surface area contributed by atoms with E-state index in [1.165, 1.54) is 11.1 Å². The van der Waals surface area contributed by atoms with E-state index in [0.717, 1.165) is 43.9 Å². The number of likely N-dealkylation sites (tertiary alicyclic amines) is 1. The molecule has 0 atom stereocenters. The lowest BCUT2D eigenvalue weighted by atomic mass is 9.74. The molecule has 1 saturated heterocycles. The molecule has 0 N–H and O–H groups in total. The van der Waals surface area contributed by atoms with Gasteiger partial charge in [-0.15, -0.1) is 0 Å². The number of piperidine rings is 1. The Morgan fingerprint density at radius 3 is 2.60 bits per heavy atom. The van der Waals surface area contributed by atoms with Gasteiger partial charge in [0, 0.05) is 34.8 Å². The highest BCUT2D eigenvalue weighted by molar-refractivity contribution is 6.31. The third-order valence-corrected chi connectivity index (χ3v) is 6.65. The minimum absolute atomic E-state index is 0.00719. The molecule has 4 rings (SSSR count). The number of anilines is 1. The van der Waals surface area contributed by atoms with Crippen molar-refractivity contribution in [2.45, 2.75) is 32.1 Å². The number of ether oxygens (including phenoxy) is 1. The van der Waals surface area contributed by atoms with Crippen LogP contribution in [0.25, 0.3) is 0 Å². The number of hydrogen-bond acceptors (Lipinski definition) is 3. The van der Waals surface area contributed by atoms with E-state index >= 15 is 0 Å². The summed E-state index contributed by atoms with van der Waals surface area (Å²) in [4.78, 5) is 17.8. The van der Waals surface area contributed by atoms with Crippen molar-refractivity contribution in [3.05, 3.63) is 70.3 Å². The molecule has 1 amide bonds. The topological polar surface area (TPSA) is 32.8 Å². The smallest absolute Gasteiger partial charge is 0.258 e. The largest absolute Gasteiger partial charge is 0.497 e. The van der Waals surface area contributed by atoms with Crippen molar-refractivity contribution in [1.82, 2.24) is 4.90 Å². The van der Waals surface area contributed by atoms with Gasteiger partial charge in [0.05, 0.1) is 7.11 Å². The SMILES string of the molecule is COc1ccc2c(c1)C1(CCN(CC=C(C)C)CC1)CN2C(=O)c1cccc(Cl)c1. The van der Waals surface area contributed by atoms with Crippen LogP contribution in [-0.2, 0) is 5.41 Å². The Labute approximate surface area is 184 Å². The number of carbonyl (C=O) groups excluding carboxylic acids is 1. The van der Waals surface area contributed by atoms with Crippen LogP contribution >= 0.6 is 11.6 Å². The molecule has 1 fully saturated rings. The Balaban J connectivity index is 1.64. The second kappa shape index (κ2) is 8.44. The third kappa shape index (κ3) is 3.99. The zero-order chi connectivity index (χ0) is 21.3. The van der Waals surface area contributed by atoms with E-state index in [1.807, 2.05) is 29.2 Å². The van der Waals surface area contributed by atoms with Crippen LogP contribution in [0.1, 0.15) is 42.6 Å². The van der Waals surface area contributed by atoms with E-state index in [0.29, 0.717) is 17.1 Å². The number of amides is 1. The molecule has 158 valence electrons. The first-order valence-electron chi connectivity index (χ1n) is 10.5. The fourth-order valence-electron chi connectivity index (χ4n) is 4.64. The molecule has 4 nitrogen and oxygen atoms in total. The minimum Gasteiger partial charge on any atom is -0.497 e. The van der Waals surface area contributed by atoms with Crippen LogP contribution in [-0.4, -0.2) is 44.1 Å². The molecule has 30 heavy (non-hydrogen) atoms. The molecule has 5 heteroatoms. The van der Waals surface area contributed by atoms with E-state index in [-0.39, 0.29) is 11.3 Å². The molecule has 2 aliphatic heterocycles. The number of fused-ring (bicyclic) bond motifs is 2. The van der Waals surface area contributed by atoms with Gasteiger partial charge in [-0.25, -0.2) is 0 Å². The van der Waals surface area contributed by atoms with E-state index in [1.54, 1.807) is 19.2 Å². The average Bonchev–Trinajstić information content (AvgIpc) is 3.06. The van der Waals surface area contributed by atoms with Crippen LogP contribution < -0.4 is 9.64 Å². The summed E-state index contributed by atoms with van der Waals surface area (Å²) in [6.07, 6.45) is 4.35. The molecule has 2 aliphatic rings. The average molecular weight is 425 g/mol. The number of nitrogens with zero attached hydrogens (tertiary/aromatic N) is 2. The second-order valence-electron chi connectivity index (χ2n) is 8.65. The number of halogens is 1. The quantitative estimate of drug-likeness (QED) is 0.623. The first kappa shape index (κ1) is 21.0. The molecule has 0 radical (unpaired) electrons. The molecule has 2 heterocycles. The van der Waals surface area contributed by atoms with Gasteiger partial charge in [-0.05, 0) is 81.7 Å². The van der Waals surface area contributed by atoms with Crippen molar-refractivity contribution >= 4 is 23.2 Å². The maximum absolute atomic E-state index is 13.4. The van der Waals surface area contributed by atoms with Gasteiger partial charge in [0.15, 0.2) is 0 Å². The van der Waals surface area contributed by atoms with Crippen LogP contribution in [0.15, 0.2) is 54.1 Å². The first-order chi connectivity index (χ1) is 14.4. The van der Waals surface area contributed by atoms with Gasteiger partial charge < -0.3 is 9.64 Å². The second-order valence-corrected chi connectivity index (χ2v) is 9.08. The molecule has 0 aromatic heterocycles. The maximum atomic E-state index is 13.4. The highest BCUT2D eigenvalue weighted by Crippen LogP contribution is 2.48. The molecule has 0 aliphatic carbocycles. The van der Waals surface area contributed by atoms with Gasteiger partial charge in [-0.3, -0.25) is 9.69 Å². The predicted molar refractivity (Wildman–Crippen MR) is 123 cm³/mol. The Morgan fingerprint density at radius 1 is 1.17 bits per heavy atom. The number of hydrogen-bond donors (Lipinski definition) is 0. The van der Waals surface area contributed by atoms with Crippen molar-refractivity contribution < 1.29 is 9.53 Å². The van der Waals surface area contributed by atoms with Crippen LogP contribution in [0, 0.1) is 0 Å². The number of methoxy groups -OCH3 is 1. The summed E-state index contributed by atoms with van der Waals surface area (Å²) >= 11 is 6.15. The van der Waals surface area contributed by atoms with Crippen LogP contribution in [0.5, 0.6) is 5.75 Å². The van der Waals surface area contributed by atoms with Gasteiger partial charge in [-0.1, -0.05) is 29.3 Å². The predicted octanol–water partition coefficient (Wildman–Crippen LogP) is 5.31. The molecule has 0 saturated carbocycles. The Bertz CT molecular complexity index is 973. The summed E-state index contributed by atoms with van der Waals surface area (Å²) in [7, 11) is 1.69. The molecular formula is C25H29ClN2O2. The van der Waals surface area contributed by atoms with Gasteiger partial charge in [0.25, 0.3) is 5.91 Å². The zero-order valence-electron chi connectivity index (χ0n) is 18.0. The molecule has 0 bridgehead atoms. The lowest BCUT2D eigenvalue weighted by Crippen LogP contribution is -2.46. The van der Waals surface area contributed by atoms with E-state index < -0.39 is 0 Å². The van der Waals surface area contributed by atoms with Gasteiger partial charge in [0.1, 0.15) is 5.75 Å². The normalized spacial score (nSPS) is 17.7. The fourth-order valence-corrected chi connectivity index (χ4v) is 4.83. The summed E-state index contributed by atoms with van der Waals surface area (Å²) in [6, 6.07) is 13.3. The van der Waals surface area contributed by atoms with E-state index in [4.69, 9.17) is 16.3 Å². The Morgan fingerprint density at radius 2 is 1.93 bits per heavy atom. The number of benzene rings is 2. The van der Waals surface area contributed by atoms with Crippen molar-refractivity contribution in [1.29, 1.82) is 0 Å². The zero-order valence-corrected chi connectivity index (χ0v) is 18.7.